The zero-order chi connectivity index (χ0) is 18.1. The van der Waals surface area contributed by atoms with Gasteiger partial charge in [0.2, 0.25) is 0 Å². The number of aliphatic hydroxyl groups is 1. The first-order chi connectivity index (χ1) is 11.2. The molecule has 2 rings (SSSR count). The van der Waals surface area contributed by atoms with E-state index in [4.69, 9.17) is 27.9 Å². The van der Waals surface area contributed by atoms with Gasteiger partial charge >= 0.3 is 5.97 Å². The third-order valence-electron chi connectivity index (χ3n) is 4.00. The molecule has 5 nitrogen and oxygen atoms in total. The Kier molecular flexibility index (Phi) is 4.96. The molecule has 6 heteroatoms. The van der Waals surface area contributed by atoms with E-state index in [0.717, 1.165) is 11.1 Å². The Bertz CT molecular complexity index is 799. The van der Waals surface area contributed by atoms with Crippen LogP contribution in [0, 0.1) is 5.41 Å². The van der Waals surface area contributed by atoms with E-state index in [9.17, 15) is 9.90 Å². The molecule has 0 aliphatic rings. The zero-order valence-corrected chi connectivity index (χ0v) is 14.2. The highest BCUT2D eigenvalue weighted by Crippen LogP contribution is 2.33. The summed E-state index contributed by atoms with van der Waals surface area (Å²) in [6.07, 6.45) is 0. The minimum absolute atomic E-state index is 0.0227. The number of halogens is 1. The third kappa shape index (κ3) is 3.42. The minimum atomic E-state index is -1.35. The van der Waals surface area contributed by atoms with E-state index < -0.39 is 11.7 Å². The maximum Gasteiger partial charge on any atom is 0.354 e. The second-order valence-electron chi connectivity index (χ2n) is 6.22. The number of rotatable bonds is 5. The second kappa shape index (κ2) is 6.63. The lowest BCUT2D eigenvalue weighted by molar-refractivity contribution is -0.129. The van der Waals surface area contributed by atoms with E-state index in [2.05, 4.69) is 0 Å². The van der Waals surface area contributed by atoms with Crippen molar-refractivity contribution in [3.63, 3.8) is 0 Å². The molecule has 0 heterocycles. The number of aliphatic carboxylic acids is 1. The van der Waals surface area contributed by atoms with E-state index in [1.54, 1.807) is 0 Å². The predicted molar refractivity (Wildman–Crippen MR) is 95.9 cm³/mol. The fraction of sp³-hybridized carbons (Fsp3) is 0.222. The molecular weight excluding hydrogens is 328 g/mol. The summed E-state index contributed by atoms with van der Waals surface area (Å²) < 4.78 is 0. The number of nitrogens with two attached hydrogens (primary N) is 1. The van der Waals surface area contributed by atoms with Crippen molar-refractivity contribution in [2.75, 3.05) is 12.3 Å². The molecule has 0 atom stereocenters. The lowest BCUT2D eigenvalue weighted by Crippen LogP contribution is -2.21. The average molecular weight is 347 g/mol. The first-order valence-corrected chi connectivity index (χ1v) is 7.68. The van der Waals surface area contributed by atoms with E-state index in [1.165, 1.54) is 12.1 Å². The van der Waals surface area contributed by atoms with Gasteiger partial charge in [0.25, 0.3) is 0 Å². The molecule has 5 N–H and O–H groups in total. The molecule has 0 bridgehead atoms. The maximum absolute atomic E-state index is 11.0. The summed E-state index contributed by atoms with van der Waals surface area (Å²) >= 11 is 6.24. The van der Waals surface area contributed by atoms with Crippen LogP contribution in [0.15, 0.2) is 36.4 Å². The third-order valence-corrected chi connectivity index (χ3v) is 4.31. The van der Waals surface area contributed by atoms with Crippen molar-refractivity contribution in [1.82, 2.24) is 0 Å². The quantitative estimate of drug-likeness (QED) is 0.492. The summed E-state index contributed by atoms with van der Waals surface area (Å²) in [5.41, 5.74) is 7.47. The molecule has 24 heavy (non-hydrogen) atoms. The smallest absolute Gasteiger partial charge is 0.354 e. The highest BCUT2D eigenvalue weighted by molar-refractivity contribution is 6.43. The largest absolute Gasteiger partial charge is 0.477 e. The van der Waals surface area contributed by atoms with Crippen LogP contribution in [0.3, 0.4) is 0 Å². The van der Waals surface area contributed by atoms with Gasteiger partial charge in [0.05, 0.1) is 11.6 Å². The van der Waals surface area contributed by atoms with Crippen LogP contribution in [-0.4, -0.2) is 28.5 Å². The molecule has 2 aromatic rings. The number of aliphatic hydroxyl groups excluding tert-OH is 1. The van der Waals surface area contributed by atoms with Crippen molar-refractivity contribution in [1.29, 1.82) is 5.41 Å². The summed E-state index contributed by atoms with van der Waals surface area (Å²) in [5.74, 6) is -1.35. The fourth-order valence-electron chi connectivity index (χ4n) is 2.33. The van der Waals surface area contributed by atoms with Crippen molar-refractivity contribution >= 4 is 29.0 Å². The summed E-state index contributed by atoms with van der Waals surface area (Å²) in [4.78, 5) is 11.0. The lowest BCUT2D eigenvalue weighted by atomic mass is 9.85. The Labute approximate surface area is 145 Å². The number of hydrogen-bond acceptors (Lipinski definition) is 4. The number of nitrogen functional groups attached to an aromatic ring is 1. The van der Waals surface area contributed by atoms with Crippen LogP contribution in [0.2, 0.25) is 5.02 Å². The molecule has 0 aromatic heterocycles. The van der Waals surface area contributed by atoms with Crippen molar-refractivity contribution in [2.24, 2.45) is 0 Å². The van der Waals surface area contributed by atoms with Crippen LogP contribution in [0.5, 0.6) is 0 Å². The number of carboxylic acids is 1. The molecular formula is C18H19ClN2O3. The number of anilines is 1. The number of benzene rings is 2. The zero-order valence-electron chi connectivity index (χ0n) is 13.4. The first-order valence-electron chi connectivity index (χ1n) is 7.30. The molecule has 126 valence electrons. The van der Waals surface area contributed by atoms with Crippen LogP contribution in [0.25, 0.3) is 11.1 Å². The first kappa shape index (κ1) is 18.0. The van der Waals surface area contributed by atoms with Gasteiger partial charge in [0.15, 0.2) is 0 Å². The molecule has 0 aliphatic heterocycles. The molecule has 0 spiro atoms. The molecule has 2 aromatic carbocycles. The highest BCUT2D eigenvalue weighted by Gasteiger charge is 2.20. The summed E-state index contributed by atoms with van der Waals surface area (Å²) in [7, 11) is 0. The molecule has 0 unspecified atom stereocenters. The molecule has 0 saturated carbocycles. The van der Waals surface area contributed by atoms with Gasteiger partial charge in [-0.05, 0) is 23.3 Å². The number of carbonyl (C=O) groups is 1. The second-order valence-corrected chi connectivity index (χ2v) is 6.63. The van der Waals surface area contributed by atoms with Crippen molar-refractivity contribution < 1.29 is 15.0 Å². The normalized spacial score (nSPS) is 11.3. The number of nitrogens with one attached hydrogen (secondary N) is 1. The minimum Gasteiger partial charge on any atom is -0.477 e. The monoisotopic (exact) mass is 346 g/mol. The van der Waals surface area contributed by atoms with Gasteiger partial charge in [-0.25, -0.2) is 4.79 Å². The van der Waals surface area contributed by atoms with Crippen LogP contribution in [0.1, 0.15) is 25.0 Å². The Balaban J connectivity index is 2.51. The molecule has 0 saturated heterocycles. The number of hydrogen-bond donors (Lipinski definition) is 4. The van der Waals surface area contributed by atoms with Gasteiger partial charge in [-0.2, -0.15) is 0 Å². The van der Waals surface area contributed by atoms with E-state index in [-0.39, 0.29) is 23.3 Å². The van der Waals surface area contributed by atoms with Gasteiger partial charge in [-0.1, -0.05) is 49.7 Å². The van der Waals surface area contributed by atoms with E-state index in [0.29, 0.717) is 10.6 Å². The Morgan fingerprint density at radius 1 is 1.25 bits per heavy atom. The Hall–Kier alpha value is -2.37. The molecule has 0 fully saturated rings. The Morgan fingerprint density at radius 3 is 2.33 bits per heavy atom. The predicted octanol–water partition coefficient (Wildman–Crippen LogP) is 3.31. The fourth-order valence-corrected chi connectivity index (χ4v) is 2.62. The van der Waals surface area contributed by atoms with Crippen molar-refractivity contribution in [3.05, 3.63) is 52.5 Å². The summed E-state index contributed by atoms with van der Waals surface area (Å²) in [6, 6.07) is 10.4. The Morgan fingerprint density at radius 2 is 1.83 bits per heavy atom. The van der Waals surface area contributed by atoms with Gasteiger partial charge in [0, 0.05) is 22.2 Å². The average Bonchev–Trinajstić information content (AvgIpc) is 2.54. The van der Waals surface area contributed by atoms with Gasteiger partial charge < -0.3 is 15.9 Å². The van der Waals surface area contributed by atoms with Crippen LogP contribution < -0.4 is 5.73 Å². The molecule has 0 amide bonds. The molecule has 0 radical (unpaired) electrons. The van der Waals surface area contributed by atoms with Crippen LogP contribution in [-0.2, 0) is 10.2 Å². The SMILES string of the molecule is CC(C)(CO)c1ccc(-c2cc(C(=N)C(=O)O)c(N)cc2Cl)cc1. The van der Waals surface area contributed by atoms with Crippen LogP contribution >= 0.6 is 11.6 Å². The van der Waals surface area contributed by atoms with Crippen molar-refractivity contribution in [2.45, 2.75) is 19.3 Å². The standard InChI is InChI=1S/C18H19ClN2O3/c1-18(2,9-22)11-5-3-10(4-6-11)12-7-13(16(21)17(23)24)15(20)8-14(12)19/h3-8,21-22H,9,20H2,1-2H3,(H,23,24). The lowest BCUT2D eigenvalue weighted by Gasteiger charge is -2.22. The van der Waals surface area contributed by atoms with Gasteiger partial charge in [-0.15, -0.1) is 0 Å². The maximum atomic E-state index is 11.0. The summed E-state index contributed by atoms with van der Waals surface area (Å²) in [6.45, 7) is 3.89. The van der Waals surface area contributed by atoms with E-state index in [1.807, 2.05) is 38.1 Å². The topological polar surface area (TPSA) is 107 Å². The molecule has 0 aliphatic carbocycles. The van der Waals surface area contributed by atoms with Crippen molar-refractivity contribution in [3.8, 4) is 11.1 Å². The van der Waals surface area contributed by atoms with E-state index >= 15 is 0 Å². The van der Waals surface area contributed by atoms with Gasteiger partial charge in [0.1, 0.15) is 5.71 Å². The van der Waals surface area contributed by atoms with Crippen LogP contribution in [0.4, 0.5) is 5.69 Å². The number of carboxylic acid groups (broad SMARTS) is 1. The van der Waals surface area contributed by atoms with Gasteiger partial charge in [-0.3, -0.25) is 5.41 Å². The summed E-state index contributed by atoms with van der Waals surface area (Å²) in [5, 5.41) is 26.5. The highest BCUT2D eigenvalue weighted by atomic mass is 35.5.